The summed E-state index contributed by atoms with van der Waals surface area (Å²) in [6.45, 7) is 7.46. The van der Waals surface area contributed by atoms with Gasteiger partial charge in [-0.05, 0) is 50.2 Å². The molecule has 0 bridgehead atoms. The molecule has 2 heterocycles. The van der Waals surface area contributed by atoms with E-state index in [0.29, 0.717) is 10.8 Å². The Hall–Kier alpha value is -1.40. The van der Waals surface area contributed by atoms with Gasteiger partial charge < -0.3 is 15.5 Å². The van der Waals surface area contributed by atoms with Crippen molar-refractivity contribution in [3.8, 4) is 0 Å². The summed E-state index contributed by atoms with van der Waals surface area (Å²) in [6.07, 6.45) is 2.06. The molecule has 1 unspecified atom stereocenters. The van der Waals surface area contributed by atoms with Crippen LogP contribution in [0.15, 0.2) is 17.5 Å². The van der Waals surface area contributed by atoms with Crippen molar-refractivity contribution in [3.05, 3.63) is 22.4 Å². The first kappa shape index (κ1) is 17.0. The summed E-state index contributed by atoms with van der Waals surface area (Å²) in [5, 5.41) is 8.02. The minimum atomic E-state index is -0.472. The fourth-order valence-corrected chi connectivity index (χ4v) is 3.34. The van der Waals surface area contributed by atoms with E-state index in [0.717, 1.165) is 39.0 Å². The number of amides is 2. The van der Waals surface area contributed by atoms with Gasteiger partial charge in [-0.15, -0.1) is 11.3 Å². The summed E-state index contributed by atoms with van der Waals surface area (Å²) in [5.74, 6) is 0.504. The molecular weight excluding hydrogens is 298 g/mol. The third-order valence-electron chi connectivity index (χ3n) is 4.07. The van der Waals surface area contributed by atoms with E-state index >= 15 is 0 Å². The fraction of sp³-hybridized carbons (Fsp3) is 0.625. The molecule has 2 amide bonds. The smallest absolute Gasteiger partial charge is 0.261 e. The quantitative estimate of drug-likeness (QED) is 0.838. The first-order chi connectivity index (χ1) is 10.6. The van der Waals surface area contributed by atoms with Crippen molar-refractivity contribution in [2.45, 2.75) is 32.7 Å². The van der Waals surface area contributed by atoms with Gasteiger partial charge in [-0.2, -0.15) is 0 Å². The Labute approximate surface area is 136 Å². The molecule has 1 aromatic heterocycles. The van der Waals surface area contributed by atoms with Gasteiger partial charge in [-0.3, -0.25) is 9.59 Å². The lowest BCUT2D eigenvalue weighted by Crippen LogP contribution is -2.49. The lowest BCUT2D eigenvalue weighted by molar-refractivity contribution is -0.134. The van der Waals surface area contributed by atoms with Crippen molar-refractivity contribution in [3.63, 3.8) is 0 Å². The van der Waals surface area contributed by atoms with Gasteiger partial charge in [0, 0.05) is 13.1 Å². The van der Waals surface area contributed by atoms with Crippen LogP contribution < -0.4 is 10.6 Å². The average Bonchev–Trinajstić information content (AvgIpc) is 3.07. The molecule has 22 heavy (non-hydrogen) atoms. The van der Waals surface area contributed by atoms with Crippen LogP contribution in [0.5, 0.6) is 0 Å². The zero-order valence-electron chi connectivity index (χ0n) is 13.3. The largest absolute Gasteiger partial charge is 0.341 e. The number of carbonyl (C=O) groups excluding carboxylic acids is 2. The molecule has 1 atom stereocenters. The average molecular weight is 323 g/mol. The SMILES string of the molecule is CCNCC1CCN(C(=O)C(C)NC(=O)c2cccs2)CC1. The van der Waals surface area contributed by atoms with E-state index in [1.54, 1.807) is 13.0 Å². The van der Waals surface area contributed by atoms with Gasteiger partial charge in [-0.25, -0.2) is 0 Å². The van der Waals surface area contributed by atoms with Crippen LogP contribution in [0.3, 0.4) is 0 Å². The van der Waals surface area contributed by atoms with Crippen LogP contribution in [0.4, 0.5) is 0 Å². The van der Waals surface area contributed by atoms with Gasteiger partial charge in [0.15, 0.2) is 0 Å². The maximum Gasteiger partial charge on any atom is 0.261 e. The molecule has 1 aliphatic rings. The number of hydrogen-bond donors (Lipinski definition) is 2. The summed E-state index contributed by atoms with van der Waals surface area (Å²) in [6, 6.07) is 3.13. The normalized spacial score (nSPS) is 17.3. The number of rotatable bonds is 6. The van der Waals surface area contributed by atoms with Crippen molar-refractivity contribution in [1.29, 1.82) is 0 Å². The van der Waals surface area contributed by atoms with Crippen molar-refractivity contribution in [2.75, 3.05) is 26.2 Å². The van der Waals surface area contributed by atoms with E-state index in [4.69, 9.17) is 0 Å². The van der Waals surface area contributed by atoms with Gasteiger partial charge in [0.2, 0.25) is 5.91 Å². The Bertz CT molecular complexity index is 482. The van der Waals surface area contributed by atoms with Crippen LogP contribution in [0.2, 0.25) is 0 Å². The molecule has 0 saturated carbocycles. The van der Waals surface area contributed by atoms with Gasteiger partial charge in [0.25, 0.3) is 5.91 Å². The molecule has 0 spiro atoms. The van der Waals surface area contributed by atoms with Crippen molar-refractivity contribution < 1.29 is 9.59 Å². The third kappa shape index (κ3) is 4.55. The number of piperidine rings is 1. The lowest BCUT2D eigenvalue weighted by atomic mass is 9.96. The maximum absolute atomic E-state index is 12.4. The van der Waals surface area contributed by atoms with Crippen LogP contribution in [0.25, 0.3) is 0 Å². The Kier molecular flexibility index (Phi) is 6.39. The summed E-state index contributed by atoms with van der Waals surface area (Å²) in [4.78, 5) is 26.9. The zero-order valence-corrected chi connectivity index (χ0v) is 14.1. The van der Waals surface area contributed by atoms with E-state index in [9.17, 15) is 9.59 Å². The van der Waals surface area contributed by atoms with E-state index in [1.807, 2.05) is 16.3 Å². The number of thiophene rings is 1. The second kappa shape index (κ2) is 8.29. The van der Waals surface area contributed by atoms with Crippen LogP contribution >= 0.6 is 11.3 Å². The van der Waals surface area contributed by atoms with Crippen LogP contribution in [-0.2, 0) is 4.79 Å². The van der Waals surface area contributed by atoms with Gasteiger partial charge >= 0.3 is 0 Å². The van der Waals surface area contributed by atoms with E-state index in [-0.39, 0.29) is 11.8 Å². The first-order valence-electron chi connectivity index (χ1n) is 7.95. The monoisotopic (exact) mass is 323 g/mol. The van der Waals surface area contributed by atoms with Crippen LogP contribution in [0.1, 0.15) is 36.4 Å². The van der Waals surface area contributed by atoms with Crippen LogP contribution in [0, 0.1) is 5.92 Å². The standard InChI is InChI=1S/C16H25N3O2S/c1-3-17-11-13-6-8-19(9-7-13)16(21)12(2)18-15(20)14-5-4-10-22-14/h4-5,10,12-13,17H,3,6-9,11H2,1-2H3,(H,18,20). The number of likely N-dealkylation sites (tertiary alicyclic amines) is 1. The Morgan fingerprint density at radius 2 is 2.14 bits per heavy atom. The molecule has 1 aromatic rings. The Morgan fingerprint density at radius 1 is 1.41 bits per heavy atom. The Morgan fingerprint density at radius 3 is 2.73 bits per heavy atom. The van der Waals surface area contributed by atoms with Gasteiger partial charge in [0.1, 0.15) is 6.04 Å². The lowest BCUT2D eigenvalue weighted by Gasteiger charge is -2.33. The number of nitrogens with zero attached hydrogens (tertiary/aromatic N) is 1. The summed E-state index contributed by atoms with van der Waals surface area (Å²) >= 11 is 1.38. The van der Waals surface area contributed by atoms with Gasteiger partial charge in [-0.1, -0.05) is 13.0 Å². The van der Waals surface area contributed by atoms with Gasteiger partial charge in [0.05, 0.1) is 4.88 Å². The number of carbonyl (C=O) groups is 2. The van der Waals surface area contributed by atoms with E-state index in [1.165, 1.54) is 11.3 Å². The fourth-order valence-electron chi connectivity index (χ4n) is 2.72. The summed E-state index contributed by atoms with van der Waals surface area (Å²) in [7, 11) is 0. The predicted molar refractivity (Wildman–Crippen MR) is 89.1 cm³/mol. The highest BCUT2D eigenvalue weighted by Crippen LogP contribution is 2.17. The molecule has 0 radical (unpaired) electrons. The molecule has 0 aliphatic carbocycles. The minimum absolute atomic E-state index is 0.0202. The molecule has 1 saturated heterocycles. The second-order valence-corrected chi connectivity index (χ2v) is 6.70. The molecule has 122 valence electrons. The summed E-state index contributed by atoms with van der Waals surface area (Å²) in [5.41, 5.74) is 0. The molecule has 5 nitrogen and oxygen atoms in total. The molecule has 2 rings (SSSR count). The highest BCUT2D eigenvalue weighted by Gasteiger charge is 2.26. The molecule has 6 heteroatoms. The molecule has 1 fully saturated rings. The maximum atomic E-state index is 12.4. The topological polar surface area (TPSA) is 61.4 Å². The Balaban J connectivity index is 1.78. The second-order valence-electron chi connectivity index (χ2n) is 5.75. The van der Waals surface area contributed by atoms with E-state index < -0.39 is 6.04 Å². The third-order valence-corrected chi connectivity index (χ3v) is 4.94. The highest BCUT2D eigenvalue weighted by atomic mass is 32.1. The molecule has 0 aromatic carbocycles. The minimum Gasteiger partial charge on any atom is -0.341 e. The van der Waals surface area contributed by atoms with Crippen molar-refractivity contribution in [1.82, 2.24) is 15.5 Å². The van der Waals surface area contributed by atoms with Crippen molar-refractivity contribution >= 4 is 23.2 Å². The highest BCUT2D eigenvalue weighted by molar-refractivity contribution is 7.12. The van der Waals surface area contributed by atoms with Crippen LogP contribution in [-0.4, -0.2) is 48.9 Å². The summed E-state index contributed by atoms with van der Waals surface area (Å²) < 4.78 is 0. The molecular formula is C16H25N3O2S. The van der Waals surface area contributed by atoms with Crippen molar-refractivity contribution in [2.24, 2.45) is 5.92 Å². The predicted octanol–water partition coefficient (Wildman–Crippen LogP) is 1.71. The molecule has 1 aliphatic heterocycles. The molecule has 2 N–H and O–H groups in total. The zero-order chi connectivity index (χ0) is 15.9. The van der Waals surface area contributed by atoms with E-state index in [2.05, 4.69) is 17.6 Å². The number of hydrogen-bond acceptors (Lipinski definition) is 4. The first-order valence-corrected chi connectivity index (χ1v) is 8.83. The number of nitrogens with one attached hydrogen (secondary N) is 2.